The van der Waals surface area contributed by atoms with E-state index in [2.05, 4.69) is 184 Å². The lowest BCUT2D eigenvalue weighted by atomic mass is 9.60. The smallest absolute Gasteiger partial charge is 0.143 e. The molecule has 8 aromatic carbocycles. The number of rotatable bonds is 6. The number of anilines is 3. The van der Waals surface area contributed by atoms with Gasteiger partial charge in [-0.3, -0.25) is 0 Å². The number of nitrogens with zero attached hydrogens (tertiary/aromatic N) is 1. The van der Waals surface area contributed by atoms with Crippen LogP contribution in [0.5, 0.6) is 0 Å². The lowest BCUT2D eigenvalue weighted by Gasteiger charge is -2.26. The third-order valence-corrected chi connectivity index (χ3v) is 12.1. The molecule has 3 nitrogen and oxygen atoms in total. The van der Waals surface area contributed by atoms with Crippen LogP contribution in [0.15, 0.2) is 167 Å². The molecule has 0 aliphatic heterocycles. The van der Waals surface area contributed by atoms with E-state index in [0.717, 1.165) is 83.2 Å². The van der Waals surface area contributed by atoms with Crippen molar-refractivity contribution in [2.24, 2.45) is 0 Å². The Morgan fingerprint density at radius 1 is 0.339 bits per heavy atom. The molecule has 10 aromatic rings. The fourth-order valence-corrected chi connectivity index (χ4v) is 8.64. The maximum Gasteiger partial charge on any atom is 0.143 e. The molecule has 0 N–H and O–H groups in total. The van der Waals surface area contributed by atoms with E-state index < -0.39 is 0 Å². The van der Waals surface area contributed by atoms with E-state index >= 15 is 0 Å². The number of hydrogen-bond acceptors (Lipinski definition) is 3. The molecule has 0 radical (unpaired) electrons. The Balaban J connectivity index is 1.06. The number of fused-ring (bicyclic) bond motifs is 6. The van der Waals surface area contributed by atoms with Gasteiger partial charge in [-0.25, -0.2) is 0 Å². The zero-order valence-electron chi connectivity index (χ0n) is 32.3. The van der Waals surface area contributed by atoms with Crippen LogP contribution in [-0.2, 0) is 0 Å². The van der Waals surface area contributed by atoms with Crippen molar-refractivity contribution in [3.8, 4) is 33.4 Å². The number of benzene rings is 8. The molecule has 10 rings (SSSR count). The summed E-state index contributed by atoms with van der Waals surface area (Å²) in [6.45, 7) is 0. The predicted molar refractivity (Wildman–Crippen MR) is 253 cm³/mol. The van der Waals surface area contributed by atoms with E-state index in [-0.39, 0.29) is 0 Å². The quantitative estimate of drug-likeness (QED) is 0.221. The molecule has 56 heavy (non-hydrogen) atoms. The van der Waals surface area contributed by atoms with E-state index in [1.54, 1.807) is 0 Å². The molecule has 0 bridgehead atoms. The first kappa shape index (κ1) is 34.0. The normalized spacial score (nSPS) is 11.6. The molecule has 2 aromatic heterocycles. The van der Waals surface area contributed by atoms with Gasteiger partial charge in [-0.05, 0) is 82.4 Å². The second-order valence-corrected chi connectivity index (χ2v) is 15.1. The summed E-state index contributed by atoms with van der Waals surface area (Å²) in [5, 5.41) is 4.48. The van der Waals surface area contributed by atoms with Crippen LogP contribution in [-0.4, -0.2) is 39.2 Å². The maximum atomic E-state index is 6.48. The maximum absolute atomic E-state index is 6.48. The van der Waals surface area contributed by atoms with Crippen molar-refractivity contribution >= 4 is 127 Å². The van der Waals surface area contributed by atoms with E-state index in [1.807, 2.05) is 18.2 Å². The summed E-state index contributed by atoms with van der Waals surface area (Å²) in [7, 11) is 11.2. The highest BCUT2D eigenvalue weighted by atomic mass is 16.3. The van der Waals surface area contributed by atoms with Gasteiger partial charge in [0, 0.05) is 50.2 Å². The average molecular weight is 713 g/mol. The third-order valence-electron chi connectivity index (χ3n) is 12.1. The summed E-state index contributed by atoms with van der Waals surface area (Å²) in [4.78, 5) is 2.32. The van der Waals surface area contributed by atoms with Gasteiger partial charge < -0.3 is 13.7 Å². The molecule has 2 heterocycles. The van der Waals surface area contributed by atoms with E-state index in [1.165, 1.54) is 38.4 Å². The Hall–Kier alpha value is -6.52. The summed E-state index contributed by atoms with van der Waals surface area (Å²) in [5.41, 5.74) is 20.7. The fraction of sp³-hybridized carbons (Fsp3) is 0. The van der Waals surface area contributed by atoms with Gasteiger partial charge in [-0.1, -0.05) is 108 Å². The Morgan fingerprint density at radius 3 is 1.64 bits per heavy atom. The molecule has 8 heteroatoms. The Kier molecular flexibility index (Phi) is 8.11. The molecule has 0 saturated heterocycles. The fourth-order valence-electron chi connectivity index (χ4n) is 8.64. The van der Waals surface area contributed by atoms with Crippen molar-refractivity contribution < 1.29 is 8.83 Å². The van der Waals surface area contributed by atoms with E-state index in [9.17, 15) is 0 Å². The summed E-state index contributed by atoms with van der Waals surface area (Å²) >= 11 is 0. The van der Waals surface area contributed by atoms with Gasteiger partial charge >= 0.3 is 0 Å². The van der Waals surface area contributed by atoms with Crippen LogP contribution in [0.25, 0.3) is 77.3 Å². The van der Waals surface area contributed by atoms with Crippen molar-refractivity contribution in [3.63, 3.8) is 0 Å². The van der Waals surface area contributed by atoms with E-state index in [0.29, 0.717) is 0 Å². The molecule has 0 atom stereocenters. The zero-order valence-corrected chi connectivity index (χ0v) is 32.3. The highest BCUT2D eigenvalue weighted by Crippen LogP contribution is 2.41. The van der Waals surface area contributed by atoms with Gasteiger partial charge in [0.15, 0.2) is 0 Å². The van der Waals surface area contributed by atoms with E-state index in [4.69, 9.17) is 8.83 Å². The van der Waals surface area contributed by atoms with Crippen LogP contribution in [0.4, 0.5) is 17.1 Å². The van der Waals surface area contributed by atoms with Crippen LogP contribution in [0.3, 0.4) is 0 Å². The summed E-state index contributed by atoms with van der Waals surface area (Å²) < 4.78 is 12.9. The van der Waals surface area contributed by atoms with Crippen LogP contribution >= 0.6 is 0 Å². The predicted octanol–water partition coefficient (Wildman–Crippen LogP) is 5.25. The molecule has 0 aliphatic carbocycles. The zero-order chi connectivity index (χ0) is 38.1. The first-order valence-corrected chi connectivity index (χ1v) is 19.3. The second kappa shape index (κ2) is 13.4. The minimum absolute atomic E-state index is 0.870. The lowest BCUT2D eigenvalue weighted by molar-refractivity contribution is 0.669. The lowest BCUT2D eigenvalue weighted by Crippen LogP contribution is -2.55. The van der Waals surface area contributed by atoms with Crippen molar-refractivity contribution in [3.05, 3.63) is 158 Å². The van der Waals surface area contributed by atoms with Crippen molar-refractivity contribution in [2.75, 3.05) is 4.90 Å². The van der Waals surface area contributed by atoms with Gasteiger partial charge in [0.05, 0.1) is 0 Å². The molecule has 0 saturated carbocycles. The van der Waals surface area contributed by atoms with Crippen molar-refractivity contribution in [1.82, 2.24) is 0 Å². The molecule has 0 unspecified atom stereocenters. The van der Waals surface area contributed by atoms with Crippen LogP contribution in [0.2, 0.25) is 0 Å². The molecule has 260 valence electrons. The van der Waals surface area contributed by atoms with Crippen LogP contribution in [0, 0.1) is 0 Å². The van der Waals surface area contributed by atoms with Crippen LogP contribution < -0.4 is 32.2 Å². The summed E-state index contributed by atoms with van der Waals surface area (Å²) in [6, 6.07) is 56.1. The molecule has 0 fully saturated rings. The van der Waals surface area contributed by atoms with Gasteiger partial charge in [0.2, 0.25) is 0 Å². The van der Waals surface area contributed by atoms with Crippen molar-refractivity contribution in [1.29, 1.82) is 0 Å². The summed E-state index contributed by atoms with van der Waals surface area (Å²) in [6.07, 6.45) is 0. The SMILES string of the molecule is Bc1c(B)c(B)c(-c2ccc(N(c3ccc(-c4ccc5oc6c(-c7ccccc7)cccc6c5c4)cc3)c3ccc4c(c3)oc3ccccc34)cc2)c(B)c1B. The summed E-state index contributed by atoms with van der Waals surface area (Å²) in [5.74, 6) is 0. The van der Waals surface area contributed by atoms with Gasteiger partial charge in [-0.2, -0.15) is 0 Å². The standard InChI is InChI=1S/C48H36B5NO2/c49-43-42(44(50)46(52)47(53)45(43)51)29-15-20-32(21-16-29)54(33-22-23-36-35-9-4-5-12-39(35)55-41(36)26-33)31-18-13-27(14-19-31)30-17-24-40-38(25-30)37-11-6-10-34(48(37)56-40)28-7-2-1-3-8-28/h1-26H,49-53H2. The monoisotopic (exact) mass is 713 g/mol. The molecular formula is C48H36B5NO2. The second-order valence-electron chi connectivity index (χ2n) is 15.1. The first-order valence-electron chi connectivity index (χ1n) is 19.3. The number of furan rings is 2. The van der Waals surface area contributed by atoms with Gasteiger partial charge in [0.25, 0.3) is 0 Å². The highest BCUT2D eigenvalue weighted by molar-refractivity contribution is 6.68. The molecule has 0 aliphatic rings. The minimum Gasteiger partial charge on any atom is -0.456 e. The number of hydrogen-bond donors (Lipinski definition) is 0. The number of para-hydroxylation sites is 2. The van der Waals surface area contributed by atoms with Crippen molar-refractivity contribution in [2.45, 2.75) is 0 Å². The minimum atomic E-state index is 0.870. The Bertz CT molecular complexity index is 3100. The Labute approximate surface area is 331 Å². The topological polar surface area (TPSA) is 29.5 Å². The molecular weight excluding hydrogens is 677 g/mol. The van der Waals surface area contributed by atoms with Crippen LogP contribution in [0.1, 0.15) is 0 Å². The van der Waals surface area contributed by atoms with Gasteiger partial charge in [0.1, 0.15) is 61.6 Å². The Morgan fingerprint density at radius 2 is 0.911 bits per heavy atom. The average Bonchev–Trinajstić information content (AvgIpc) is 3.81. The molecule has 0 amide bonds. The third kappa shape index (κ3) is 5.51. The highest BCUT2D eigenvalue weighted by Gasteiger charge is 2.19. The molecule has 0 spiro atoms. The first-order chi connectivity index (χ1) is 27.3. The van der Waals surface area contributed by atoms with Gasteiger partial charge in [-0.15, -0.1) is 16.4 Å². The largest absolute Gasteiger partial charge is 0.456 e.